The van der Waals surface area contributed by atoms with E-state index in [0.717, 1.165) is 0 Å². The molecular weight excluding hydrogens is 323 g/mol. The maximum absolute atomic E-state index is 13.6. The molecule has 0 atom stereocenters. The number of carbonyl (C=O) groups is 1. The summed E-state index contributed by atoms with van der Waals surface area (Å²) in [5.74, 6) is -1.53. The van der Waals surface area contributed by atoms with Gasteiger partial charge in [0.2, 0.25) is 5.89 Å². The number of carboxylic acid groups (broad SMARTS) is 1. The van der Waals surface area contributed by atoms with Gasteiger partial charge < -0.3 is 14.3 Å². The van der Waals surface area contributed by atoms with Crippen LogP contribution in [0.15, 0.2) is 27.1 Å². The van der Waals surface area contributed by atoms with Gasteiger partial charge in [0.15, 0.2) is 0 Å². The molecule has 0 saturated carbocycles. The highest BCUT2D eigenvalue weighted by Gasteiger charge is 2.16. The topological polar surface area (TPSA) is 85.5 Å². The molecule has 1 heterocycles. The zero-order valence-corrected chi connectivity index (χ0v) is 11.1. The van der Waals surface area contributed by atoms with Crippen LogP contribution < -0.4 is 0 Å². The standard InChI is InChI=1S/C11H8BrFN2O4/c12-6-2-1-3-7(13)10(6)11-15-14-8(19-11)4-18-5-9(16)17/h1-3H,4-5H2,(H,16,17). The van der Waals surface area contributed by atoms with Crippen molar-refractivity contribution in [1.82, 2.24) is 10.2 Å². The molecule has 0 spiro atoms. The third-order valence-electron chi connectivity index (χ3n) is 2.09. The van der Waals surface area contributed by atoms with E-state index in [2.05, 4.69) is 26.1 Å². The van der Waals surface area contributed by atoms with Crippen LogP contribution in [0.25, 0.3) is 11.5 Å². The minimum Gasteiger partial charge on any atom is -0.480 e. The van der Waals surface area contributed by atoms with E-state index in [1.54, 1.807) is 6.07 Å². The third kappa shape index (κ3) is 3.36. The fourth-order valence-electron chi connectivity index (χ4n) is 1.34. The van der Waals surface area contributed by atoms with Crippen molar-refractivity contribution in [1.29, 1.82) is 0 Å². The summed E-state index contributed by atoms with van der Waals surface area (Å²) in [6.07, 6.45) is 0. The first-order valence-electron chi connectivity index (χ1n) is 5.14. The average Bonchev–Trinajstić information content (AvgIpc) is 2.77. The summed E-state index contributed by atoms with van der Waals surface area (Å²) in [7, 11) is 0. The summed E-state index contributed by atoms with van der Waals surface area (Å²) in [4.78, 5) is 10.3. The van der Waals surface area contributed by atoms with Gasteiger partial charge in [0.1, 0.15) is 19.0 Å². The number of halogens is 2. The van der Waals surface area contributed by atoms with Crippen molar-refractivity contribution in [3.05, 3.63) is 34.4 Å². The molecule has 0 saturated heterocycles. The first-order valence-corrected chi connectivity index (χ1v) is 5.93. The first-order chi connectivity index (χ1) is 9.08. The molecule has 0 aliphatic carbocycles. The Bertz CT molecular complexity index is 582. The molecule has 2 aromatic rings. The molecule has 0 fully saturated rings. The van der Waals surface area contributed by atoms with Gasteiger partial charge in [-0.25, -0.2) is 9.18 Å². The molecule has 8 heteroatoms. The van der Waals surface area contributed by atoms with Gasteiger partial charge >= 0.3 is 5.97 Å². The summed E-state index contributed by atoms with van der Waals surface area (Å²) in [6.45, 7) is -0.619. The van der Waals surface area contributed by atoms with Gasteiger partial charge in [0, 0.05) is 4.47 Å². The van der Waals surface area contributed by atoms with Crippen molar-refractivity contribution in [2.24, 2.45) is 0 Å². The Balaban J connectivity index is 2.15. The Morgan fingerprint density at radius 2 is 2.26 bits per heavy atom. The largest absolute Gasteiger partial charge is 0.480 e. The SMILES string of the molecule is O=C(O)COCc1nnc(-c2c(F)cccc2Br)o1. The van der Waals surface area contributed by atoms with Gasteiger partial charge in [-0.05, 0) is 28.1 Å². The number of ether oxygens (including phenoxy) is 1. The van der Waals surface area contributed by atoms with Crippen molar-refractivity contribution in [2.45, 2.75) is 6.61 Å². The highest BCUT2D eigenvalue weighted by atomic mass is 79.9. The highest BCUT2D eigenvalue weighted by molar-refractivity contribution is 9.10. The van der Waals surface area contributed by atoms with Crippen LogP contribution >= 0.6 is 15.9 Å². The maximum Gasteiger partial charge on any atom is 0.329 e. The normalized spacial score (nSPS) is 10.6. The Morgan fingerprint density at radius 1 is 1.47 bits per heavy atom. The van der Waals surface area contributed by atoms with E-state index in [9.17, 15) is 9.18 Å². The molecule has 1 aromatic carbocycles. The second-order valence-corrected chi connectivity index (χ2v) is 4.34. The molecule has 0 aliphatic heterocycles. The van der Waals surface area contributed by atoms with Crippen LogP contribution in [-0.2, 0) is 16.1 Å². The van der Waals surface area contributed by atoms with E-state index in [4.69, 9.17) is 14.3 Å². The summed E-state index contributed by atoms with van der Waals surface area (Å²) in [5, 5.41) is 15.7. The summed E-state index contributed by atoms with van der Waals surface area (Å²) in [5.41, 5.74) is 0.152. The van der Waals surface area contributed by atoms with E-state index in [1.807, 2.05) is 0 Å². The lowest BCUT2D eigenvalue weighted by atomic mass is 10.2. The summed E-state index contributed by atoms with van der Waals surface area (Å²) in [6, 6.07) is 4.45. The number of nitrogens with zero attached hydrogens (tertiary/aromatic N) is 2. The third-order valence-corrected chi connectivity index (χ3v) is 2.76. The van der Waals surface area contributed by atoms with Crippen molar-refractivity contribution in [3.63, 3.8) is 0 Å². The van der Waals surface area contributed by atoms with Crippen molar-refractivity contribution in [3.8, 4) is 11.5 Å². The molecule has 6 nitrogen and oxygen atoms in total. The van der Waals surface area contributed by atoms with Gasteiger partial charge in [-0.15, -0.1) is 10.2 Å². The first kappa shape index (κ1) is 13.6. The lowest BCUT2D eigenvalue weighted by Crippen LogP contribution is -2.06. The van der Waals surface area contributed by atoms with Crippen LogP contribution in [0, 0.1) is 5.82 Å². The zero-order valence-electron chi connectivity index (χ0n) is 9.47. The number of carboxylic acids is 1. The van der Waals surface area contributed by atoms with Crippen LogP contribution in [0.3, 0.4) is 0 Å². The van der Waals surface area contributed by atoms with E-state index in [1.165, 1.54) is 12.1 Å². The average molecular weight is 331 g/mol. The summed E-state index contributed by atoms with van der Waals surface area (Å²) >= 11 is 3.19. The highest BCUT2D eigenvalue weighted by Crippen LogP contribution is 2.29. The van der Waals surface area contributed by atoms with E-state index in [-0.39, 0.29) is 24.0 Å². The molecule has 0 bridgehead atoms. The summed E-state index contributed by atoms with van der Waals surface area (Å²) < 4.78 is 24.1. The number of benzene rings is 1. The number of aliphatic carboxylic acids is 1. The Kier molecular flexibility index (Phi) is 4.23. The van der Waals surface area contributed by atoms with Crippen molar-refractivity contribution < 1.29 is 23.4 Å². The molecule has 19 heavy (non-hydrogen) atoms. The number of hydrogen-bond donors (Lipinski definition) is 1. The van der Waals surface area contributed by atoms with Crippen LogP contribution in [0.1, 0.15) is 5.89 Å². The zero-order chi connectivity index (χ0) is 13.8. The number of hydrogen-bond acceptors (Lipinski definition) is 5. The fraction of sp³-hybridized carbons (Fsp3) is 0.182. The Hall–Kier alpha value is -1.80. The molecule has 0 radical (unpaired) electrons. The fourth-order valence-corrected chi connectivity index (χ4v) is 1.85. The van der Waals surface area contributed by atoms with Gasteiger partial charge in [-0.3, -0.25) is 0 Å². The molecule has 1 aromatic heterocycles. The number of aromatic nitrogens is 2. The molecule has 0 aliphatic rings. The molecular formula is C11H8BrFN2O4. The van der Waals surface area contributed by atoms with Gasteiger partial charge in [-0.1, -0.05) is 6.07 Å². The van der Waals surface area contributed by atoms with Crippen molar-refractivity contribution >= 4 is 21.9 Å². The molecule has 0 unspecified atom stereocenters. The predicted molar refractivity (Wildman–Crippen MR) is 64.7 cm³/mol. The van der Waals surface area contributed by atoms with Gasteiger partial charge in [0.05, 0.1) is 5.56 Å². The lowest BCUT2D eigenvalue weighted by molar-refractivity contribution is -0.142. The predicted octanol–water partition coefficient (Wildman–Crippen LogP) is 2.24. The maximum atomic E-state index is 13.6. The monoisotopic (exact) mass is 330 g/mol. The molecule has 0 amide bonds. The van der Waals surface area contributed by atoms with E-state index in [0.29, 0.717) is 4.47 Å². The quantitative estimate of drug-likeness (QED) is 0.904. The smallest absolute Gasteiger partial charge is 0.329 e. The van der Waals surface area contributed by atoms with E-state index < -0.39 is 18.4 Å². The van der Waals surface area contributed by atoms with Gasteiger partial charge in [0.25, 0.3) is 5.89 Å². The van der Waals surface area contributed by atoms with Crippen molar-refractivity contribution in [2.75, 3.05) is 6.61 Å². The minimum atomic E-state index is -1.10. The Morgan fingerprint density at radius 3 is 2.95 bits per heavy atom. The van der Waals surface area contributed by atoms with Crippen LogP contribution in [0.5, 0.6) is 0 Å². The Labute approximate surface area is 115 Å². The second-order valence-electron chi connectivity index (χ2n) is 3.48. The minimum absolute atomic E-state index is 0.00102. The van der Waals surface area contributed by atoms with Crippen LogP contribution in [0.2, 0.25) is 0 Å². The number of rotatable bonds is 5. The van der Waals surface area contributed by atoms with Crippen LogP contribution in [0.4, 0.5) is 4.39 Å². The van der Waals surface area contributed by atoms with E-state index >= 15 is 0 Å². The van der Waals surface area contributed by atoms with Crippen LogP contribution in [-0.4, -0.2) is 27.9 Å². The lowest BCUT2D eigenvalue weighted by Gasteiger charge is -2.00. The van der Waals surface area contributed by atoms with Gasteiger partial charge in [-0.2, -0.15) is 0 Å². The molecule has 2 rings (SSSR count). The second kappa shape index (κ2) is 5.89. The molecule has 100 valence electrons. The molecule has 1 N–H and O–H groups in total.